The van der Waals surface area contributed by atoms with E-state index in [1.165, 1.54) is 15.8 Å². The molecule has 1 aliphatic heterocycles. The van der Waals surface area contributed by atoms with Crippen molar-refractivity contribution in [1.29, 1.82) is 0 Å². The van der Waals surface area contributed by atoms with Crippen molar-refractivity contribution in [3.8, 4) is 0 Å². The summed E-state index contributed by atoms with van der Waals surface area (Å²) >= 11 is 0. The zero-order chi connectivity index (χ0) is 18.1. The van der Waals surface area contributed by atoms with Gasteiger partial charge >= 0.3 is 5.97 Å². The van der Waals surface area contributed by atoms with Crippen LogP contribution >= 0.6 is 0 Å². The Balaban J connectivity index is 2.05. The molecule has 0 radical (unpaired) electrons. The lowest BCUT2D eigenvalue weighted by molar-refractivity contribution is -0.150. The number of carboxylic acids is 1. The van der Waals surface area contributed by atoms with E-state index in [4.69, 9.17) is 0 Å². The Kier molecular flexibility index (Phi) is 4.57. The van der Waals surface area contributed by atoms with E-state index in [1.54, 1.807) is 24.3 Å². The predicted molar refractivity (Wildman–Crippen MR) is 92.2 cm³/mol. The normalized spacial score (nSPS) is 18.7. The number of fused-ring (bicyclic) bond motifs is 1. The lowest BCUT2D eigenvalue weighted by atomic mass is 10.0. The topological polar surface area (TPSA) is 92.5 Å². The molecule has 0 unspecified atom stereocenters. The molecule has 1 aliphatic rings. The zero-order valence-corrected chi connectivity index (χ0v) is 14.3. The summed E-state index contributed by atoms with van der Waals surface area (Å²) in [7, 11) is 0. The third-order valence-electron chi connectivity index (χ3n) is 4.70. The summed E-state index contributed by atoms with van der Waals surface area (Å²) in [5.74, 6) is -1.51. The monoisotopic (exact) mass is 343 g/mol. The van der Waals surface area contributed by atoms with Crippen LogP contribution in [0.3, 0.4) is 0 Å². The molecule has 0 saturated carbocycles. The van der Waals surface area contributed by atoms with Crippen LogP contribution in [0, 0.1) is 5.92 Å². The molecule has 2 atom stereocenters. The third kappa shape index (κ3) is 3.01. The second-order valence-corrected chi connectivity index (χ2v) is 6.69. The van der Waals surface area contributed by atoms with E-state index < -0.39 is 18.1 Å². The molecule has 0 spiro atoms. The average molecular weight is 343 g/mol. The molecule has 1 saturated heterocycles. The number of carbonyl (C=O) groups is 2. The van der Waals surface area contributed by atoms with Gasteiger partial charge in [-0.2, -0.15) is 0 Å². The summed E-state index contributed by atoms with van der Waals surface area (Å²) in [6.45, 7) is 4.08. The van der Waals surface area contributed by atoms with E-state index in [2.05, 4.69) is 4.98 Å². The van der Waals surface area contributed by atoms with Crippen LogP contribution in [-0.4, -0.2) is 44.0 Å². The van der Waals surface area contributed by atoms with Crippen molar-refractivity contribution in [2.24, 2.45) is 5.92 Å². The number of likely N-dealkylation sites (tertiary alicyclic amines) is 1. The number of hydrogen-bond donors (Lipinski definition) is 1. The Morgan fingerprint density at radius 3 is 2.68 bits per heavy atom. The lowest BCUT2D eigenvalue weighted by Gasteiger charge is -2.29. The van der Waals surface area contributed by atoms with Gasteiger partial charge in [0, 0.05) is 6.54 Å². The van der Waals surface area contributed by atoms with Crippen LogP contribution in [0.1, 0.15) is 32.7 Å². The van der Waals surface area contributed by atoms with Gasteiger partial charge in [-0.25, -0.2) is 9.78 Å². The maximum absolute atomic E-state index is 13.1. The Labute approximate surface area is 144 Å². The minimum Gasteiger partial charge on any atom is -0.480 e. The number of nitrogens with zero attached hydrogens (tertiary/aromatic N) is 3. The van der Waals surface area contributed by atoms with Crippen molar-refractivity contribution >= 4 is 22.8 Å². The Morgan fingerprint density at radius 1 is 1.28 bits per heavy atom. The fourth-order valence-electron chi connectivity index (χ4n) is 3.46. The number of rotatable bonds is 4. The van der Waals surface area contributed by atoms with Crippen LogP contribution in [0.25, 0.3) is 10.9 Å². The maximum Gasteiger partial charge on any atom is 0.326 e. The number of benzene rings is 1. The quantitative estimate of drug-likeness (QED) is 0.911. The van der Waals surface area contributed by atoms with Crippen LogP contribution in [0.15, 0.2) is 35.4 Å². The SMILES string of the molecule is CC(C)[C@H](C(=O)N1CCC[C@@H]1C(=O)O)n1cnc2ccccc2c1=O. The molecule has 1 N–H and O–H groups in total. The summed E-state index contributed by atoms with van der Waals surface area (Å²) < 4.78 is 1.34. The van der Waals surface area contributed by atoms with E-state index in [1.807, 2.05) is 13.8 Å². The second-order valence-electron chi connectivity index (χ2n) is 6.69. The van der Waals surface area contributed by atoms with Gasteiger partial charge in [-0.3, -0.25) is 14.2 Å². The molecule has 2 aromatic rings. The fraction of sp³-hybridized carbons (Fsp3) is 0.444. The van der Waals surface area contributed by atoms with E-state index in [9.17, 15) is 19.5 Å². The molecule has 1 amide bonds. The highest BCUT2D eigenvalue weighted by atomic mass is 16.4. The first-order valence-electron chi connectivity index (χ1n) is 8.41. The van der Waals surface area contributed by atoms with E-state index >= 15 is 0 Å². The number of carboxylic acid groups (broad SMARTS) is 1. The molecule has 0 aliphatic carbocycles. The van der Waals surface area contributed by atoms with Crippen LogP contribution in [-0.2, 0) is 9.59 Å². The second kappa shape index (κ2) is 6.66. The summed E-state index contributed by atoms with van der Waals surface area (Å²) in [6.07, 6.45) is 2.48. The molecule has 7 heteroatoms. The number of aliphatic carboxylic acids is 1. The molecule has 3 rings (SSSR count). The molecule has 1 aromatic heterocycles. The van der Waals surface area contributed by atoms with Gasteiger partial charge in [0.2, 0.25) is 5.91 Å². The average Bonchev–Trinajstić information content (AvgIpc) is 3.07. The van der Waals surface area contributed by atoms with Gasteiger partial charge in [-0.15, -0.1) is 0 Å². The summed E-state index contributed by atoms with van der Waals surface area (Å²) in [5, 5.41) is 9.79. The van der Waals surface area contributed by atoms with Crippen LogP contribution in [0.2, 0.25) is 0 Å². The lowest BCUT2D eigenvalue weighted by Crippen LogP contribution is -2.47. The van der Waals surface area contributed by atoms with Crippen molar-refractivity contribution in [3.63, 3.8) is 0 Å². The minimum absolute atomic E-state index is 0.178. The smallest absolute Gasteiger partial charge is 0.326 e. The van der Waals surface area contributed by atoms with Crippen molar-refractivity contribution in [2.75, 3.05) is 6.54 Å². The molecule has 0 bridgehead atoms. The maximum atomic E-state index is 13.1. The molecule has 1 aromatic carbocycles. The molecular weight excluding hydrogens is 322 g/mol. The number of carbonyl (C=O) groups excluding carboxylic acids is 1. The van der Waals surface area contributed by atoms with Crippen LogP contribution in [0.5, 0.6) is 0 Å². The standard InChI is InChI=1S/C18H21N3O4/c1-11(2)15(17(23)20-9-5-8-14(20)18(24)25)21-10-19-13-7-4-3-6-12(13)16(21)22/h3-4,6-7,10-11,14-15H,5,8-9H2,1-2H3,(H,24,25)/t14-,15-/m1/s1. The van der Waals surface area contributed by atoms with Gasteiger partial charge in [-0.1, -0.05) is 26.0 Å². The zero-order valence-electron chi connectivity index (χ0n) is 14.3. The molecule has 25 heavy (non-hydrogen) atoms. The van der Waals surface area contributed by atoms with Gasteiger partial charge in [0.05, 0.1) is 17.2 Å². The first-order valence-corrected chi connectivity index (χ1v) is 8.41. The Bertz CT molecular complexity index is 874. The molecule has 132 valence electrons. The van der Waals surface area contributed by atoms with Gasteiger partial charge in [0.1, 0.15) is 12.1 Å². The van der Waals surface area contributed by atoms with Gasteiger partial charge in [0.15, 0.2) is 0 Å². The summed E-state index contributed by atoms with van der Waals surface area (Å²) in [6, 6.07) is 5.38. The van der Waals surface area contributed by atoms with E-state index in [-0.39, 0.29) is 17.4 Å². The summed E-state index contributed by atoms with van der Waals surface area (Å²) in [5.41, 5.74) is 0.284. The highest BCUT2D eigenvalue weighted by Crippen LogP contribution is 2.26. The minimum atomic E-state index is -1.00. The first kappa shape index (κ1) is 17.1. The number of para-hydroxylation sites is 1. The Hall–Kier alpha value is -2.70. The van der Waals surface area contributed by atoms with Crippen molar-refractivity contribution in [2.45, 2.75) is 38.8 Å². The van der Waals surface area contributed by atoms with E-state index in [0.717, 1.165) is 0 Å². The predicted octanol–water partition coefficient (Wildman–Crippen LogP) is 1.67. The number of aromatic nitrogens is 2. The van der Waals surface area contributed by atoms with Crippen LogP contribution < -0.4 is 5.56 Å². The number of hydrogen-bond acceptors (Lipinski definition) is 4. The van der Waals surface area contributed by atoms with Gasteiger partial charge < -0.3 is 10.0 Å². The number of amides is 1. The first-order chi connectivity index (χ1) is 11.9. The van der Waals surface area contributed by atoms with E-state index in [0.29, 0.717) is 30.3 Å². The molecule has 2 heterocycles. The van der Waals surface area contributed by atoms with Crippen LogP contribution in [0.4, 0.5) is 0 Å². The summed E-state index contributed by atoms with van der Waals surface area (Å²) in [4.78, 5) is 43.0. The van der Waals surface area contributed by atoms with Crippen molar-refractivity contribution in [1.82, 2.24) is 14.5 Å². The van der Waals surface area contributed by atoms with Gasteiger partial charge in [-0.05, 0) is 30.9 Å². The largest absolute Gasteiger partial charge is 0.480 e. The highest BCUT2D eigenvalue weighted by Gasteiger charge is 2.39. The fourth-order valence-corrected chi connectivity index (χ4v) is 3.46. The molecular formula is C18H21N3O4. The Morgan fingerprint density at radius 2 is 2.00 bits per heavy atom. The third-order valence-corrected chi connectivity index (χ3v) is 4.70. The van der Waals surface area contributed by atoms with Crippen molar-refractivity contribution < 1.29 is 14.7 Å². The molecule has 1 fully saturated rings. The van der Waals surface area contributed by atoms with Gasteiger partial charge in [0.25, 0.3) is 5.56 Å². The highest BCUT2D eigenvalue weighted by molar-refractivity contribution is 5.87. The van der Waals surface area contributed by atoms with Crippen molar-refractivity contribution in [3.05, 3.63) is 40.9 Å². The molecule has 7 nitrogen and oxygen atoms in total.